The molecule has 2 rings (SSSR count). The molecule has 0 spiro atoms. The second-order valence-electron chi connectivity index (χ2n) is 5.90. The van der Waals surface area contributed by atoms with Gasteiger partial charge in [-0.3, -0.25) is 10.1 Å². The third kappa shape index (κ3) is 3.29. The summed E-state index contributed by atoms with van der Waals surface area (Å²) in [6.07, 6.45) is 5.82. The molecule has 0 aromatic heterocycles. The molecule has 0 radical (unpaired) electrons. The highest BCUT2D eigenvalue weighted by atomic mass is 16.5. The van der Waals surface area contributed by atoms with Crippen molar-refractivity contribution >= 4 is 5.91 Å². The van der Waals surface area contributed by atoms with E-state index in [4.69, 9.17) is 4.74 Å². The van der Waals surface area contributed by atoms with E-state index in [1.54, 1.807) is 0 Å². The minimum Gasteiger partial charge on any atom is -0.378 e. The van der Waals surface area contributed by atoms with E-state index in [0.29, 0.717) is 17.9 Å². The highest BCUT2D eigenvalue weighted by molar-refractivity contribution is 5.84. The number of rotatable bonds is 6. The van der Waals surface area contributed by atoms with Crippen LogP contribution in [-0.2, 0) is 9.53 Å². The van der Waals surface area contributed by atoms with Gasteiger partial charge in [0.25, 0.3) is 0 Å². The van der Waals surface area contributed by atoms with Crippen LogP contribution in [0.5, 0.6) is 0 Å². The molecule has 0 bridgehead atoms. The molecule has 4 atom stereocenters. The van der Waals surface area contributed by atoms with Gasteiger partial charge in [0.1, 0.15) is 0 Å². The highest BCUT2D eigenvalue weighted by Crippen LogP contribution is 2.25. The molecule has 4 unspecified atom stereocenters. The SMILES string of the molecule is CCCCC1NC(CC)N(CC2CCOC2C)C1=O. The second kappa shape index (κ2) is 6.71. The summed E-state index contributed by atoms with van der Waals surface area (Å²) in [5, 5.41) is 3.50. The number of carbonyl (C=O) groups is 1. The lowest BCUT2D eigenvalue weighted by atomic mass is 10.0. The first-order valence-electron chi connectivity index (χ1n) is 7.85. The van der Waals surface area contributed by atoms with Gasteiger partial charge in [-0.2, -0.15) is 0 Å². The second-order valence-corrected chi connectivity index (χ2v) is 5.90. The van der Waals surface area contributed by atoms with Crippen LogP contribution in [0.3, 0.4) is 0 Å². The van der Waals surface area contributed by atoms with Gasteiger partial charge < -0.3 is 9.64 Å². The van der Waals surface area contributed by atoms with Crippen LogP contribution in [0, 0.1) is 5.92 Å². The first-order valence-corrected chi connectivity index (χ1v) is 7.85. The highest BCUT2D eigenvalue weighted by Gasteiger charge is 2.39. The van der Waals surface area contributed by atoms with E-state index in [1.165, 1.54) is 0 Å². The summed E-state index contributed by atoms with van der Waals surface area (Å²) in [5.41, 5.74) is 0. The van der Waals surface area contributed by atoms with Gasteiger partial charge in [-0.25, -0.2) is 0 Å². The van der Waals surface area contributed by atoms with Gasteiger partial charge in [0, 0.05) is 19.1 Å². The molecule has 0 aromatic carbocycles. The van der Waals surface area contributed by atoms with Gasteiger partial charge in [0.15, 0.2) is 0 Å². The number of nitrogens with one attached hydrogen (secondary N) is 1. The Labute approximate surface area is 116 Å². The first-order chi connectivity index (χ1) is 9.17. The molecule has 2 heterocycles. The van der Waals surface area contributed by atoms with E-state index in [1.807, 2.05) is 0 Å². The van der Waals surface area contributed by atoms with E-state index < -0.39 is 0 Å². The fraction of sp³-hybridized carbons (Fsp3) is 0.933. The van der Waals surface area contributed by atoms with Crippen LogP contribution in [0.25, 0.3) is 0 Å². The lowest BCUT2D eigenvalue weighted by molar-refractivity contribution is -0.131. The van der Waals surface area contributed by atoms with Crippen molar-refractivity contribution in [3.05, 3.63) is 0 Å². The predicted molar refractivity (Wildman–Crippen MR) is 75.8 cm³/mol. The van der Waals surface area contributed by atoms with Gasteiger partial charge in [0.2, 0.25) is 5.91 Å². The van der Waals surface area contributed by atoms with Crippen molar-refractivity contribution in [2.45, 2.75) is 71.2 Å². The Kier molecular flexibility index (Phi) is 5.22. The molecule has 4 nitrogen and oxygen atoms in total. The van der Waals surface area contributed by atoms with Crippen LogP contribution in [0.4, 0.5) is 0 Å². The van der Waals surface area contributed by atoms with Crippen molar-refractivity contribution in [2.24, 2.45) is 5.92 Å². The molecule has 1 amide bonds. The Morgan fingerprint density at radius 3 is 2.79 bits per heavy atom. The summed E-state index contributed by atoms with van der Waals surface area (Å²) in [4.78, 5) is 14.6. The standard InChI is InChI=1S/C15H28N2O2/c1-4-6-7-13-15(18)17(14(5-2)16-13)10-12-8-9-19-11(12)3/h11-14,16H,4-10H2,1-3H3. The van der Waals surface area contributed by atoms with Crippen LogP contribution >= 0.6 is 0 Å². The van der Waals surface area contributed by atoms with Crippen molar-refractivity contribution in [3.63, 3.8) is 0 Å². The zero-order valence-electron chi connectivity index (χ0n) is 12.5. The van der Waals surface area contributed by atoms with Crippen LogP contribution in [0.15, 0.2) is 0 Å². The topological polar surface area (TPSA) is 41.6 Å². The number of carbonyl (C=O) groups excluding carboxylic acids is 1. The van der Waals surface area contributed by atoms with Gasteiger partial charge in [-0.05, 0) is 26.2 Å². The monoisotopic (exact) mass is 268 g/mol. The summed E-state index contributed by atoms with van der Waals surface area (Å²) in [5.74, 6) is 0.809. The van der Waals surface area contributed by atoms with Gasteiger partial charge in [-0.15, -0.1) is 0 Å². The molecule has 4 heteroatoms. The van der Waals surface area contributed by atoms with E-state index in [2.05, 4.69) is 31.0 Å². The average Bonchev–Trinajstić information content (AvgIpc) is 2.94. The quantitative estimate of drug-likeness (QED) is 0.802. The largest absolute Gasteiger partial charge is 0.378 e. The van der Waals surface area contributed by atoms with Crippen LogP contribution in [0.2, 0.25) is 0 Å². The number of hydrogen-bond acceptors (Lipinski definition) is 3. The zero-order valence-corrected chi connectivity index (χ0v) is 12.5. The van der Waals surface area contributed by atoms with Crippen molar-refractivity contribution in [2.75, 3.05) is 13.2 Å². The minimum atomic E-state index is 0.0440. The fourth-order valence-corrected chi connectivity index (χ4v) is 3.19. The minimum absolute atomic E-state index is 0.0440. The Morgan fingerprint density at radius 1 is 1.42 bits per heavy atom. The third-order valence-electron chi connectivity index (χ3n) is 4.55. The van der Waals surface area contributed by atoms with Crippen molar-refractivity contribution in [1.82, 2.24) is 10.2 Å². The molecular formula is C15H28N2O2. The maximum absolute atomic E-state index is 12.5. The Hall–Kier alpha value is -0.610. The molecule has 0 aliphatic carbocycles. The van der Waals surface area contributed by atoms with Crippen LogP contribution < -0.4 is 5.32 Å². The average molecular weight is 268 g/mol. The number of hydrogen-bond donors (Lipinski definition) is 1. The molecule has 2 saturated heterocycles. The maximum atomic E-state index is 12.5. The van der Waals surface area contributed by atoms with Crippen molar-refractivity contribution in [3.8, 4) is 0 Å². The number of nitrogens with zero attached hydrogens (tertiary/aromatic N) is 1. The molecule has 110 valence electrons. The fourth-order valence-electron chi connectivity index (χ4n) is 3.19. The zero-order chi connectivity index (χ0) is 13.8. The van der Waals surface area contributed by atoms with Gasteiger partial charge in [-0.1, -0.05) is 26.7 Å². The number of amides is 1. The molecule has 2 aliphatic heterocycles. The van der Waals surface area contributed by atoms with E-state index in [0.717, 1.165) is 45.3 Å². The molecule has 0 aromatic rings. The molecular weight excluding hydrogens is 240 g/mol. The molecule has 19 heavy (non-hydrogen) atoms. The molecule has 2 fully saturated rings. The van der Waals surface area contributed by atoms with Crippen molar-refractivity contribution < 1.29 is 9.53 Å². The van der Waals surface area contributed by atoms with Crippen LogP contribution in [-0.4, -0.2) is 42.3 Å². The van der Waals surface area contributed by atoms with E-state index in [-0.39, 0.29) is 12.2 Å². The summed E-state index contributed by atoms with van der Waals surface area (Å²) in [6, 6.07) is 0.0440. The van der Waals surface area contributed by atoms with E-state index >= 15 is 0 Å². The summed E-state index contributed by atoms with van der Waals surface area (Å²) in [6.45, 7) is 8.15. The smallest absolute Gasteiger partial charge is 0.241 e. The summed E-state index contributed by atoms with van der Waals surface area (Å²) >= 11 is 0. The predicted octanol–water partition coefficient (Wildman–Crippen LogP) is 2.14. The lowest BCUT2D eigenvalue weighted by Gasteiger charge is -2.27. The Balaban J connectivity index is 1.95. The molecule has 1 N–H and O–H groups in total. The number of unbranched alkanes of at least 4 members (excludes halogenated alkanes) is 1. The lowest BCUT2D eigenvalue weighted by Crippen LogP contribution is -2.41. The summed E-state index contributed by atoms with van der Waals surface area (Å²) < 4.78 is 5.61. The van der Waals surface area contributed by atoms with Gasteiger partial charge in [0.05, 0.1) is 18.3 Å². The van der Waals surface area contributed by atoms with Crippen LogP contribution in [0.1, 0.15) is 52.9 Å². The summed E-state index contributed by atoms with van der Waals surface area (Å²) in [7, 11) is 0. The number of ether oxygens (including phenoxy) is 1. The Bertz CT molecular complexity index is 309. The first kappa shape index (κ1) is 14.8. The van der Waals surface area contributed by atoms with Gasteiger partial charge >= 0.3 is 0 Å². The van der Waals surface area contributed by atoms with E-state index in [9.17, 15) is 4.79 Å². The third-order valence-corrected chi connectivity index (χ3v) is 4.55. The Morgan fingerprint density at radius 2 is 2.21 bits per heavy atom. The van der Waals surface area contributed by atoms with Crippen molar-refractivity contribution in [1.29, 1.82) is 0 Å². The maximum Gasteiger partial charge on any atom is 0.241 e. The molecule has 2 aliphatic rings. The molecule has 0 saturated carbocycles. The normalized spacial score (nSPS) is 35.3.